The molecule has 228 valence electrons. The molecule has 43 heavy (non-hydrogen) atoms. The maximum atomic E-state index is 13.7. The van der Waals surface area contributed by atoms with E-state index in [1.54, 1.807) is 6.92 Å². The molecule has 3 heterocycles. The first kappa shape index (κ1) is 30.4. The second kappa shape index (κ2) is 11.9. The van der Waals surface area contributed by atoms with Crippen LogP contribution in [-0.4, -0.2) is 79.4 Å². The van der Waals surface area contributed by atoms with Crippen LogP contribution in [-0.2, 0) is 20.8 Å². The van der Waals surface area contributed by atoms with Crippen LogP contribution in [0.4, 0.5) is 23.2 Å². The summed E-state index contributed by atoms with van der Waals surface area (Å²) in [5.74, 6) is -2.37. The summed E-state index contributed by atoms with van der Waals surface area (Å²) in [6.45, 7) is 2.54. The number of anilines is 1. The van der Waals surface area contributed by atoms with Crippen LogP contribution in [0.15, 0.2) is 48.8 Å². The predicted octanol–water partition coefficient (Wildman–Crippen LogP) is 3.25. The molecule has 1 unspecified atom stereocenters. The number of rotatable bonds is 7. The highest BCUT2D eigenvalue weighted by molar-refractivity contribution is 7.91. The quantitative estimate of drug-likeness (QED) is 0.400. The summed E-state index contributed by atoms with van der Waals surface area (Å²) in [6, 6.07) is 7.74. The molecule has 3 aromatic rings. The normalized spacial score (nSPS) is 17.6. The molecule has 2 aromatic carbocycles. The Morgan fingerprint density at radius 2 is 1.72 bits per heavy atom. The smallest absolute Gasteiger partial charge is 0.451 e. The van der Waals surface area contributed by atoms with Crippen LogP contribution in [0.5, 0.6) is 5.75 Å². The Hall–Kier alpha value is -4.11. The van der Waals surface area contributed by atoms with Gasteiger partial charge >= 0.3 is 6.18 Å². The SMILES string of the molecule is CC(NC(=O)c1cc(-c2ccc(F)cc2)c2c(c1)N(CCN1CCS(=O)(=O)CC1)C(=O)CO2)c1cnc(C(F)(F)F)nc1. The van der Waals surface area contributed by atoms with Crippen LogP contribution >= 0.6 is 0 Å². The molecule has 2 amide bonds. The Balaban J connectivity index is 1.45. The van der Waals surface area contributed by atoms with E-state index in [1.807, 2.05) is 4.90 Å². The molecule has 0 bridgehead atoms. The molecule has 1 aromatic heterocycles. The number of aromatic nitrogens is 2. The number of hydrogen-bond acceptors (Lipinski definition) is 8. The monoisotopic (exact) mass is 621 g/mol. The van der Waals surface area contributed by atoms with Gasteiger partial charge in [-0.05, 0) is 36.8 Å². The zero-order valence-corrected chi connectivity index (χ0v) is 23.7. The van der Waals surface area contributed by atoms with Crippen LogP contribution in [0.25, 0.3) is 11.1 Å². The minimum Gasteiger partial charge on any atom is -0.481 e. The Bertz CT molecular complexity index is 1620. The zero-order valence-electron chi connectivity index (χ0n) is 22.9. The number of carbonyl (C=O) groups excluding carboxylic acids is 2. The van der Waals surface area contributed by atoms with E-state index in [-0.39, 0.29) is 41.7 Å². The number of halogens is 4. The van der Waals surface area contributed by atoms with Crippen molar-refractivity contribution in [3.05, 3.63) is 71.6 Å². The number of fused-ring (bicyclic) bond motifs is 1. The zero-order chi connectivity index (χ0) is 30.9. The molecule has 1 atom stereocenters. The van der Waals surface area contributed by atoms with Gasteiger partial charge in [0, 0.05) is 55.3 Å². The molecule has 0 radical (unpaired) electrons. The third-order valence-corrected chi connectivity index (χ3v) is 8.88. The van der Waals surface area contributed by atoms with E-state index in [0.29, 0.717) is 42.2 Å². The van der Waals surface area contributed by atoms with E-state index in [4.69, 9.17) is 4.74 Å². The summed E-state index contributed by atoms with van der Waals surface area (Å²) in [5.41, 5.74) is 1.60. The van der Waals surface area contributed by atoms with Gasteiger partial charge in [-0.2, -0.15) is 13.2 Å². The second-order valence-corrected chi connectivity index (χ2v) is 12.5. The molecule has 1 N–H and O–H groups in total. The first-order valence-corrected chi connectivity index (χ1v) is 15.1. The fourth-order valence-electron chi connectivity index (χ4n) is 4.82. The van der Waals surface area contributed by atoms with E-state index in [0.717, 1.165) is 12.4 Å². The topological polar surface area (TPSA) is 122 Å². The Labute approximate surface area is 244 Å². The van der Waals surface area contributed by atoms with E-state index in [2.05, 4.69) is 15.3 Å². The molecule has 0 aliphatic carbocycles. The Morgan fingerprint density at radius 1 is 1.07 bits per heavy atom. The van der Waals surface area contributed by atoms with Crippen LogP contribution in [0, 0.1) is 5.82 Å². The van der Waals surface area contributed by atoms with Gasteiger partial charge in [-0.25, -0.2) is 22.8 Å². The van der Waals surface area contributed by atoms with Gasteiger partial charge in [-0.15, -0.1) is 0 Å². The average molecular weight is 622 g/mol. The van der Waals surface area contributed by atoms with Crippen molar-refractivity contribution in [1.82, 2.24) is 20.2 Å². The molecule has 1 saturated heterocycles. The maximum absolute atomic E-state index is 13.7. The number of carbonyl (C=O) groups is 2. The van der Waals surface area contributed by atoms with Gasteiger partial charge in [0.1, 0.15) is 5.82 Å². The van der Waals surface area contributed by atoms with E-state index in [9.17, 15) is 35.6 Å². The predicted molar refractivity (Wildman–Crippen MR) is 148 cm³/mol. The fraction of sp³-hybridized carbons (Fsp3) is 0.357. The van der Waals surface area contributed by atoms with Crippen molar-refractivity contribution in [2.24, 2.45) is 0 Å². The van der Waals surface area contributed by atoms with Crippen LogP contribution in [0.1, 0.15) is 34.7 Å². The minimum absolute atomic E-state index is 0.0296. The number of nitrogens with one attached hydrogen (secondary N) is 1. The number of sulfone groups is 1. The average Bonchev–Trinajstić information content (AvgIpc) is 2.96. The lowest BCUT2D eigenvalue weighted by Gasteiger charge is -2.34. The summed E-state index contributed by atoms with van der Waals surface area (Å²) in [6.07, 6.45) is -2.74. The van der Waals surface area contributed by atoms with Gasteiger partial charge < -0.3 is 15.0 Å². The number of hydrogen-bond donors (Lipinski definition) is 1. The van der Waals surface area contributed by atoms with Crippen molar-refractivity contribution >= 4 is 27.3 Å². The molecule has 0 spiro atoms. The third kappa shape index (κ3) is 6.94. The van der Waals surface area contributed by atoms with Crippen LogP contribution < -0.4 is 15.0 Å². The summed E-state index contributed by atoms with van der Waals surface area (Å²) in [7, 11) is -3.08. The number of benzene rings is 2. The van der Waals surface area contributed by atoms with Gasteiger partial charge in [-0.3, -0.25) is 14.5 Å². The second-order valence-electron chi connectivity index (χ2n) is 10.2. The van der Waals surface area contributed by atoms with Crippen LogP contribution in [0.2, 0.25) is 0 Å². The van der Waals surface area contributed by atoms with Crippen molar-refractivity contribution in [1.29, 1.82) is 0 Å². The molecule has 10 nitrogen and oxygen atoms in total. The third-order valence-electron chi connectivity index (χ3n) is 7.27. The van der Waals surface area contributed by atoms with Crippen molar-refractivity contribution in [2.75, 3.05) is 49.2 Å². The van der Waals surface area contributed by atoms with Gasteiger partial charge in [0.15, 0.2) is 22.2 Å². The molecular weight excluding hydrogens is 594 g/mol. The van der Waals surface area contributed by atoms with Crippen molar-refractivity contribution in [2.45, 2.75) is 19.1 Å². The lowest BCUT2D eigenvalue weighted by molar-refractivity contribution is -0.145. The summed E-state index contributed by atoms with van der Waals surface area (Å²) in [4.78, 5) is 36.5. The lowest BCUT2D eigenvalue weighted by atomic mass is 9.98. The molecule has 5 rings (SSSR count). The maximum Gasteiger partial charge on any atom is 0.451 e. The highest BCUT2D eigenvalue weighted by Gasteiger charge is 2.35. The Kier molecular flexibility index (Phi) is 8.38. The van der Waals surface area contributed by atoms with Crippen molar-refractivity contribution < 1.29 is 40.3 Å². The lowest BCUT2D eigenvalue weighted by Crippen LogP contribution is -2.47. The number of nitrogens with zero attached hydrogens (tertiary/aromatic N) is 4. The number of alkyl halides is 3. The molecule has 2 aliphatic heterocycles. The first-order chi connectivity index (χ1) is 20.3. The van der Waals surface area contributed by atoms with E-state index in [1.165, 1.54) is 41.3 Å². The minimum atomic E-state index is -4.71. The van der Waals surface area contributed by atoms with E-state index >= 15 is 0 Å². The fourth-order valence-corrected chi connectivity index (χ4v) is 6.10. The molecule has 1 fully saturated rings. The standard InChI is InChI=1S/C28H27F4N5O5S/c1-17(20-14-33-27(34-15-20)28(30,31)32)35-26(39)19-12-22(18-2-4-21(29)5-3-18)25-23(13-19)37(24(38)16-42-25)7-6-36-8-10-43(40,41)11-9-36/h2-5,12-15,17H,6-11,16H2,1H3,(H,35,39). The molecule has 0 saturated carbocycles. The number of amides is 2. The highest BCUT2D eigenvalue weighted by atomic mass is 32.2. The van der Waals surface area contributed by atoms with E-state index < -0.39 is 39.6 Å². The largest absolute Gasteiger partial charge is 0.481 e. The summed E-state index contributed by atoms with van der Waals surface area (Å²) < 4.78 is 81.7. The first-order valence-electron chi connectivity index (χ1n) is 13.3. The van der Waals surface area contributed by atoms with Gasteiger partial charge in [0.2, 0.25) is 5.82 Å². The summed E-state index contributed by atoms with van der Waals surface area (Å²) in [5, 5.41) is 2.71. The van der Waals surface area contributed by atoms with Gasteiger partial charge in [-0.1, -0.05) is 12.1 Å². The summed E-state index contributed by atoms with van der Waals surface area (Å²) >= 11 is 0. The van der Waals surface area contributed by atoms with Gasteiger partial charge in [0.25, 0.3) is 11.8 Å². The van der Waals surface area contributed by atoms with Crippen LogP contribution in [0.3, 0.4) is 0 Å². The molecular formula is C28H27F4N5O5S. The number of ether oxygens (including phenoxy) is 1. The molecule has 2 aliphatic rings. The van der Waals surface area contributed by atoms with Gasteiger partial charge in [0.05, 0.1) is 23.2 Å². The highest BCUT2D eigenvalue weighted by Crippen LogP contribution is 2.42. The Morgan fingerprint density at radius 3 is 2.35 bits per heavy atom. The van der Waals surface area contributed by atoms with Crippen molar-refractivity contribution in [3.8, 4) is 16.9 Å². The molecule has 15 heteroatoms. The van der Waals surface area contributed by atoms with Crippen molar-refractivity contribution in [3.63, 3.8) is 0 Å².